The molecule has 21 heavy (non-hydrogen) atoms. The van der Waals surface area contributed by atoms with Gasteiger partial charge in [-0.1, -0.05) is 18.2 Å². The number of fused-ring (bicyclic) bond motifs is 1. The number of anilines is 1. The van der Waals surface area contributed by atoms with Crippen LogP contribution in [0, 0.1) is 18.9 Å². The molecule has 0 atom stereocenters. The molecule has 1 N–H and O–H groups in total. The minimum atomic E-state index is -0.930. The van der Waals surface area contributed by atoms with Crippen molar-refractivity contribution >= 4 is 23.4 Å². The van der Waals surface area contributed by atoms with Crippen LogP contribution in [-0.2, 0) is 0 Å². The fourth-order valence-corrected chi connectivity index (χ4v) is 3.09. The van der Waals surface area contributed by atoms with Crippen molar-refractivity contribution < 1.29 is 9.90 Å². The molecule has 0 aromatic heterocycles. The Bertz CT molecular complexity index is 774. The van der Waals surface area contributed by atoms with E-state index < -0.39 is 5.97 Å². The fraction of sp³-hybridized carbons (Fsp3) is 0.118. The third kappa shape index (κ3) is 2.74. The van der Waals surface area contributed by atoms with Gasteiger partial charge in [0.05, 0.1) is 17.1 Å². The van der Waals surface area contributed by atoms with E-state index in [1.54, 1.807) is 30.0 Å². The summed E-state index contributed by atoms with van der Waals surface area (Å²) in [6, 6.07) is 16.3. The Morgan fingerprint density at radius 1 is 1.29 bits per heavy atom. The van der Waals surface area contributed by atoms with Gasteiger partial charge in [-0.25, -0.2) is 4.79 Å². The van der Waals surface area contributed by atoms with Gasteiger partial charge in [-0.2, -0.15) is 0 Å². The highest BCUT2D eigenvalue weighted by Gasteiger charge is 2.17. The van der Waals surface area contributed by atoms with Gasteiger partial charge in [0.2, 0.25) is 0 Å². The Balaban J connectivity index is 1.92. The molecule has 0 fully saturated rings. The molecule has 0 saturated carbocycles. The van der Waals surface area contributed by atoms with Crippen LogP contribution < -0.4 is 4.90 Å². The lowest BCUT2D eigenvalue weighted by Crippen LogP contribution is -2.10. The van der Waals surface area contributed by atoms with E-state index in [4.69, 9.17) is 5.11 Å². The summed E-state index contributed by atoms with van der Waals surface area (Å²) in [6.45, 7) is 1.93. The minimum absolute atomic E-state index is 0.265. The van der Waals surface area contributed by atoms with Gasteiger partial charge in [-0.3, -0.25) is 4.90 Å². The van der Waals surface area contributed by atoms with E-state index in [0.29, 0.717) is 0 Å². The van der Waals surface area contributed by atoms with Crippen LogP contribution in [0.3, 0.4) is 0 Å². The van der Waals surface area contributed by atoms with Gasteiger partial charge in [0, 0.05) is 16.5 Å². The zero-order valence-corrected chi connectivity index (χ0v) is 12.3. The number of benzene rings is 2. The lowest BCUT2D eigenvalue weighted by Gasteiger charge is -2.08. The molecule has 0 radical (unpaired) electrons. The zero-order chi connectivity index (χ0) is 14.8. The highest BCUT2D eigenvalue weighted by atomic mass is 32.2. The van der Waals surface area contributed by atoms with Crippen LogP contribution in [-0.4, -0.2) is 17.0 Å². The van der Waals surface area contributed by atoms with Gasteiger partial charge in [-0.05, 0) is 42.7 Å². The number of para-hydroxylation sites is 1. The Hall–Kier alpha value is -2.38. The molecule has 0 aliphatic carbocycles. The second-order valence-corrected chi connectivity index (χ2v) is 5.73. The lowest BCUT2D eigenvalue weighted by molar-refractivity contribution is 0.0697. The molecular weight excluding hydrogens is 282 g/mol. The number of thioether (sulfide) groups is 1. The SMILES string of the molecule is Cc1ccc(C(=O)O)cc1C#CN1CSc2ccccc21. The Labute approximate surface area is 127 Å². The van der Waals surface area contributed by atoms with Crippen molar-refractivity contribution in [2.24, 2.45) is 0 Å². The summed E-state index contributed by atoms with van der Waals surface area (Å²) < 4.78 is 0. The molecule has 1 heterocycles. The third-order valence-corrected chi connectivity index (χ3v) is 4.36. The maximum atomic E-state index is 11.0. The molecule has 1 aliphatic rings. The summed E-state index contributed by atoms with van der Waals surface area (Å²) in [6.07, 6.45) is 0. The quantitative estimate of drug-likeness (QED) is 0.817. The summed E-state index contributed by atoms with van der Waals surface area (Å²) in [4.78, 5) is 14.2. The van der Waals surface area contributed by atoms with Crippen molar-refractivity contribution in [3.63, 3.8) is 0 Å². The molecule has 0 unspecified atom stereocenters. The van der Waals surface area contributed by atoms with E-state index in [9.17, 15) is 4.79 Å². The Kier molecular flexibility index (Phi) is 3.59. The van der Waals surface area contributed by atoms with Crippen LogP contribution in [0.2, 0.25) is 0 Å². The summed E-state index contributed by atoms with van der Waals surface area (Å²) in [5, 5.41) is 9.05. The van der Waals surface area contributed by atoms with Gasteiger partial charge >= 0.3 is 5.97 Å². The van der Waals surface area contributed by atoms with E-state index in [2.05, 4.69) is 18.0 Å². The van der Waals surface area contributed by atoms with Gasteiger partial charge < -0.3 is 5.11 Å². The van der Waals surface area contributed by atoms with E-state index in [-0.39, 0.29) is 5.56 Å². The first-order valence-corrected chi connectivity index (χ1v) is 7.48. The van der Waals surface area contributed by atoms with Crippen molar-refractivity contribution in [1.29, 1.82) is 0 Å². The van der Waals surface area contributed by atoms with Crippen molar-refractivity contribution in [2.75, 3.05) is 10.8 Å². The number of carbonyl (C=O) groups is 1. The molecule has 2 aromatic rings. The second kappa shape index (κ2) is 5.55. The highest BCUT2D eigenvalue weighted by Crippen LogP contribution is 2.37. The molecule has 0 bridgehead atoms. The zero-order valence-electron chi connectivity index (χ0n) is 11.5. The van der Waals surface area contributed by atoms with Gasteiger partial charge in [0.15, 0.2) is 0 Å². The number of aromatic carboxylic acids is 1. The van der Waals surface area contributed by atoms with Crippen LogP contribution in [0.4, 0.5) is 5.69 Å². The summed E-state index contributed by atoms with van der Waals surface area (Å²) in [7, 11) is 0. The van der Waals surface area contributed by atoms with E-state index in [1.807, 2.05) is 30.0 Å². The largest absolute Gasteiger partial charge is 0.478 e. The molecule has 0 amide bonds. The van der Waals surface area contributed by atoms with Crippen LogP contribution >= 0.6 is 11.8 Å². The number of carboxylic acid groups (broad SMARTS) is 1. The average Bonchev–Trinajstić information content (AvgIpc) is 2.89. The first-order valence-electron chi connectivity index (χ1n) is 6.50. The maximum Gasteiger partial charge on any atom is 0.335 e. The van der Waals surface area contributed by atoms with Gasteiger partial charge in [-0.15, -0.1) is 11.8 Å². The van der Waals surface area contributed by atoms with Crippen LogP contribution in [0.5, 0.6) is 0 Å². The highest BCUT2D eigenvalue weighted by molar-refractivity contribution is 7.99. The number of aryl methyl sites for hydroxylation is 1. The monoisotopic (exact) mass is 295 g/mol. The number of carboxylic acids is 1. The molecular formula is C17H13NO2S. The first-order chi connectivity index (χ1) is 10.1. The van der Waals surface area contributed by atoms with Crippen LogP contribution in [0.15, 0.2) is 47.4 Å². The van der Waals surface area contributed by atoms with Crippen molar-refractivity contribution in [2.45, 2.75) is 11.8 Å². The molecule has 4 heteroatoms. The Morgan fingerprint density at radius 2 is 2.10 bits per heavy atom. The van der Waals surface area contributed by atoms with Crippen LogP contribution in [0.25, 0.3) is 0 Å². The molecule has 104 valence electrons. The predicted octanol–water partition coefficient (Wildman–Crippen LogP) is 3.57. The topological polar surface area (TPSA) is 40.5 Å². The molecule has 0 saturated heterocycles. The van der Waals surface area contributed by atoms with Crippen molar-refractivity contribution in [1.82, 2.24) is 0 Å². The smallest absolute Gasteiger partial charge is 0.335 e. The Morgan fingerprint density at radius 3 is 2.90 bits per heavy atom. The van der Waals surface area contributed by atoms with Crippen molar-refractivity contribution in [3.8, 4) is 12.0 Å². The maximum absolute atomic E-state index is 11.0. The standard InChI is InChI=1S/C17H13NO2S/c1-12-6-7-14(17(19)20)10-13(12)8-9-18-11-21-16-5-3-2-4-15(16)18/h2-7,10H,11H2,1H3,(H,19,20). The predicted molar refractivity (Wildman–Crippen MR) is 84.7 cm³/mol. The van der Waals surface area contributed by atoms with E-state index >= 15 is 0 Å². The van der Waals surface area contributed by atoms with E-state index in [0.717, 1.165) is 22.7 Å². The minimum Gasteiger partial charge on any atom is -0.478 e. The van der Waals surface area contributed by atoms with Gasteiger partial charge in [0.1, 0.15) is 0 Å². The summed E-state index contributed by atoms with van der Waals surface area (Å²) >= 11 is 1.75. The van der Waals surface area contributed by atoms with E-state index in [1.165, 1.54) is 4.90 Å². The van der Waals surface area contributed by atoms with Crippen molar-refractivity contribution in [3.05, 3.63) is 59.2 Å². The number of rotatable bonds is 1. The molecule has 3 rings (SSSR count). The first kappa shape index (κ1) is 13.6. The summed E-state index contributed by atoms with van der Waals surface area (Å²) in [5.74, 6) is 2.96. The molecule has 2 aromatic carbocycles. The normalized spacial score (nSPS) is 12.5. The molecule has 1 aliphatic heterocycles. The number of hydrogen-bond acceptors (Lipinski definition) is 3. The second-order valence-electron chi connectivity index (χ2n) is 4.74. The lowest BCUT2D eigenvalue weighted by atomic mass is 10.1. The third-order valence-electron chi connectivity index (χ3n) is 3.32. The van der Waals surface area contributed by atoms with Crippen LogP contribution in [0.1, 0.15) is 21.5 Å². The molecule has 0 spiro atoms. The number of hydrogen-bond donors (Lipinski definition) is 1. The number of nitrogens with zero attached hydrogens (tertiary/aromatic N) is 1. The molecule has 3 nitrogen and oxygen atoms in total. The fourth-order valence-electron chi connectivity index (χ4n) is 2.12. The summed E-state index contributed by atoms with van der Waals surface area (Å²) in [5.41, 5.74) is 3.11. The average molecular weight is 295 g/mol. The van der Waals surface area contributed by atoms with Gasteiger partial charge in [0.25, 0.3) is 0 Å².